The van der Waals surface area contributed by atoms with Gasteiger partial charge in [0.25, 0.3) is 5.56 Å². The number of hydrogen-bond donors (Lipinski definition) is 0. The summed E-state index contributed by atoms with van der Waals surface area (Å²) in [6.07, 6.45) is 1.53. The van der Waals surface area contributed by atoms with E-state index in [-0.39, 0.29) is 16.5 Å². The van der Waals surface area contributed by atoms with Crippen molar-refractivity contribution in [2.75, 3.05) is 0 Å². The highest BCUT2D eigenvalue weighted by Crippen LogP contribution is 2.17. The van der Waals surface area contributed by atoms with Gasteiger partial charge in [0, 0.05) is 0 Å². The third-order valence-electron chi connectivity index (χ3n) is 3.82. The van der Waals surface area contributed by atoms with Gasteiger partial charge in [0.1, 0.15) is 5.76 Å². The van der Waals surface area contributed by atoms with E-state index in [0.717, 1.165) is 0 Å². The summed E-state index contributed by atoms with van der Waals surface area (Å²) < 4.78 is 19.6. The number of benzene rings is 2. The second-order valence-electron chi connectivity index (χ2n) is 5.46. The first kappa shape index (κ1) is 15.5. The SMILES string of the molecule is O=c1c2ccccc2nc(S(=O)Cc2ccco2)n1-c1ccccc1. The normalized spacial score (nSPS) is 12.3. The van der Waals surface area contributed by atoms with E-state index < -0.39 is 10.8 Å². The largest absolute Gasteiger partial charge is 0.468 e. The molecule has 5 nitrogen and oxygen atoms in total. The standard InChI is InChI=1S/C19H14N2O3S/c22-18-16-10-4-5-11-17(16)20-19(21(18)14-7-2-1-3-8-14)25(23)13-15-9-6-12-24-15/h1-12H,13H2. The van der Waals surface area contributed by atoms with Gasteiger partial charge < -0.3 is 4.42 Å². The number of aromatic nitrogens is 2. The third-order valence-corrected chi connectivity index (χ3v) is 5.04. The summed E-state index contributed by atoms with van der Waals surface area (Å²) in [4.78, 5) is 17.5. The molecule has 0 aliphatic carbocycles. The van der Waals surface area contributed by atoms with Crippen LogP contribution in [0, 0.1) is 0 Å². The molecule has 2 aromatic carbocycles. The fraction of sp³-hybridized carbons (Fsp3) is 0.0526. The van der Waals surface area contributed by atoms with E-state index in [1.54, 1.807) is 48.5 Å². The van der Waals surface area contributed by atoms with Gasteiger partial charge in [0.05, 0.1) is 39.4 Å². The van der Waals surface area contributed by atoms with Crippen LogP contribution in [0.5, 0.6) is 0 Å². The molecule has 4 rings (SSSR count). The van der Waals surface area contributed by atoms with Crippen LogP contribution in [-0.4, -0.2) is 13.8 Å². The number of fused-ring (bicyclic) bond motifs is 1. The Kier molecular flexibility index (Phi) is 4.03. The Balaban J connectivity index is 1.95. The molecule has 25 heavy (non-hydrogen) atoms. The molecule has 0 aliphatic rings. The van der Waals surface area contributed by atoms with Crippen LogP contribution in [0.3, 0.4) is 0 Å². The molecule has 0 N–H and O–H groups in total. The highest BCUT2D eigenvalue weighted by Gasteiger charge is 2.18. The van der Waals surface area contributed by atoms with Crippen LogP contribution in [0.4, 0.5) is 0 Å². The molecule has 0 bridgehead atoms. The maximum absolute atomic E-state index is 13.0. The van der Waals surface area contributed by atoms with Gasteiger partial charge in [-0.3, -0.25) is 13.6 Å². The second-order valence-corrected chi connectivity index (χ2v) is 6.80. The molecule has 0 spiro atoms. The van der Waals surface area contributed by atoms with Gasteiger partial charge in [-0.25, -0.2) is 4.98 Å². The lowest BCUT2D eigenvalue weighted by Gasteiger charge is -2.12. The molecule has 124 valence electrons. The van der Waals surface area contributed by atoms with Gasteiger partial charge in [0.2, 0.25) is 5.16 Å². The zero-order valence-corrected chi connectivity index (χ0v) is 14.0. The van der Waals surface area contributed by atoms with Gasteiger partial charge in [0.15, 0.2) is 0 Å². The lowest BCUT2D eigenvalue weighted by Crippen LogP contribution is -2.24. The fourth-order valence-electron chi connectivity index (χ4n) is 2.66. The Bertz CT molecular complexity index is 1100. The van der Waals surface area contributed by atoms with Crippen molar-refractivity contribution in [3.8, 4) is 5.69 Å². The minimum absolute atomic E-state index is 0.157. The molecule has 6 heteroatoms. The van der Waals surface area contributed by atoms with Crippen molar-refractivity contribution in [3.05, 3.63) is 89.1 Å². The quantitative estimate of drug-likeness (QED) is 0.530. The fourth-order valence-corrected chi connectivity index (χ4v) is 3.80. The van der Waals surface area contributed by atoms with Crippen LogP contribution in [-0.2, 0) is 16.6 Å². The molecule has 1 unspecified atom stereocenters. The van der Waals surface area contributed by atoms with Gasteiger partial charge in [-0.05, 0) is 36.4 Å². The predicted octanol–water partition coefficient (Wildman–Crippen LogP) is 3.29. The molecule has 1 atom stereocenters. The highest BCUT2D eigenvalue weighted by atomic mass is 32.2. The number of hydrogen-bond acceptors (Lipinski definition) is 4. The smallest absolute Gasteiger partial charge is 0.266 e. The van der Waals surface area contributed by atoms with E-state index >= 15 is 0 Å². The molecular formula is C19H14N2O3S. The van der Waals surface area contributed by atoms with E-state index in [0.29, 0.717) is 22.4 Å². The first-order valence-corrected chi connectivity index (χ1v) is 9.04. The van der Waals surface area contributed by atoms with E-state index in [1.165, 1.54) is 10.8 Å². The predicted molar refractivity (Wildman–Crippen MR) is 96.2 cm³/mol. The number of rotatable bonds is 4. The maximum Gasteiger partial charge on any atom is 0.266 e. The Morgan fingerprint density at radius 2 is 1.72 bits per heavy atom. The zero-order valence-electron chi connectivity index (χ0n) is 13.2. The summed E-state index contributed by atoms with van der Waals surface area (Å²) in [5.74, 6) is 0.741. The molecule has 0 fully saturated rings. The van der Waals surface area contributed by atoms with Crippen LogP contribution in [0.15, 0.2) is 87.4 Å². The summed E-state index contributed by atoms with van der Waals surface area (Å²) in [7, 11) is -1.53. The Morgan fingerprint density at radius 3 is 2.48 bits per heavy atom. The van der Waals surface area contributed by atoms with E-state index in [9.17, 15) is 9.00 Å². The summed E-state index contributed by atoms with van der Waals surface area (Å²) in [6, 6.07) is 19.7. The van der Waals surface area contributed by atoms with Gasteiger partial charge >= 0.3 is 0 Å². The number of para-hydroxylation sites is 2. The van der Waals surface area contributed by atoms with Crippen molar-refractivity contribution >= 4 is 21.7 Å². The molecule has 4 aromatic rings. The lowest BCUT2D eigenvalue weighted by atomic mass is 10.2. The summed E-state index contributed by atoms with van der Waals surface area (Å²) >= 11 is 0. The number of nitrogens with zero attached hydrogens (tertiary/aromatic N) is 2. The molecule has 0 aliphatic heterocycles. The van der Waals surface area contributed by atoms with E-state index in [2.05, 4.69) is 4.98 Å². The monoisotopic (exact) mass is 350 g/mol. The minimum Gasteiger partial charge on any atom is -0.468 e. The molecule has 0 saturated carbocycles. The van der Waals surface area contributed by atoms with Crippen molar-refractivity contribution in [1.82, 2.24) is 9.55 Å². The van der Waals surface area contributed by atoms with Crippen molar-refractivity contribution in [1.29, 1.82) is 0 Å². The van der Waals surface area contributed by atoms with Crippen molar-refractivity contribution in [3.63, 3.8) is 0 Å². The van der Waals surface area contributed by atoms with Crippen LogP contribution in [0.1, 0.15) is 5.76 Å². The Labute approximate surface area is 146 Å². The second kappa shape index (κ2) is 6.49. The van der Waals surface area contributed by atoms with Gasteiger partial charge in [-0.1, -0.05) is 30.3 Å². The first-order chi connectivity index (χ1) is 12.2. The van der Waals surface area contributed by atoms with Crippen LogP contribution in [0.25, 0.3) is 16.6 Å². The van der Waals surface area contributed by atoms with Gasteiger partial charge in [-0.2, -0.15) is 0 Å². The molecule has 0 radical (unpaired) electrons. The van der Waals surface area contributed by atoms with Crippen LogP contribution >= 0.6 is 0 Å². The van der Waals surface area contributed by atoms with Crippen LogP contribution < -0.4 is 5.56 Å². The van der Waals surface area contributed by atoms with E-state index in [1.807, 2.05) is 18.2 Å². The molecule has 0 saturated heterocycles. The van der Waals surface area contributed by atoms with Crippen LogP contribution in [0.2, 0.25) is 0 Å². The minimum atomic E-state index is -1.53. The molecule has 2 aromatic heterocycles. The first-order valence-electron chi connectivity index (χ1n) is 7.72. The average molecular weight is 350 g/mol. The summed E-state index contributed by atoms with van der Waals surface area (Å²) in [6.45, 7) is 0. The maximum atomic E-state index is 13.0. The topological polar surface area (TPSA) is 65.1 Å². The van der Waals surface area contributed by atoms with Crippen molar-refractivity contribution < 1.29 is 8.63 Å². The molecule has 2 heterocycles. The highest BCUT2D eigenvalue weighted by molar-refractivity contribution is 7.84. The zero-order chi connectivity index (χ0) is 17.2. The molecule has 0 amide bonds. The lowest BCUT2D eigenvalue weighted by molar-refractivity contribution is 0.527. The Hall–Kier alpha value is -2.99. The van der Waals surface area contributed by atoms with Crippen molar-refractivity contribution in [2.24, 2.45) is 0 Å². The number of furan rings is 1. The van der Waals surface area contributed by atoms with E-state index in [4.69, 9.17) is 4.42 Å². The molecular weight excluding hydrogens is 336 g/mol. The average Bonchev–Trinajstić information content (AvgIpc) is 3.15. The summed E-state index contributed by atoms with van der Waals surface area (Å²) in [5.41, 5.74) is 0.926. The van der Waals surface area contributed by atoms with Crippen molar-refractivity contribution in [2.45, 2.75) is 10.9 Å². The third kappa shape index (κ3) is 2.92. The van der Waals surface area contributed by atoms with Gasteiger partial charge in [-0.15, -0.1) is 0 Å². The Morgan fingerprint density at radius 1 is 0.960 bits per heavy atom. The summed E-state index contributed by atoms with van der Waals surface area (Å²) in [5, 5.41) is 0.705.